The summed E-state index contributed by atoms with van der Waals surface area (Å²) in [4.78, 5) is 19.5. The van der Waals surface area contributed by atoms with E-state index in [-0.39, 0.29) is 11.4 Å². The van der Waals surface area contributed by atoms with Crippen LogP contribution in [0, 0.1) is 17.5 Å². The van der Waals surface area contributed by atoms with Gasteiger partial charge in [0, 0.05) is 13.1 Å². The quantitative estimate of drug-likeness (QED) is 0.499. The van der Waals surface area contributed by atoms with E-state index in [1.54, 1.807) is 0 Å². The molecule has 0 unspecified atom stereocenters. The molecule has 0 spiro atoms. The molecule has 3 rings (SSSR count). The van der Waals surface area contributed by atoms with Crippen molar-refractivity contribution in [2.75, 3.05) is 18.1 Å². The number of aromatic nitrogens is 1. The number of ether oxygens (including phenoxy) is 1. The monoisotopic (exact) mass is 479 g/mol. The van der Waals surface area contributed by atoms with Gasteiger partial charge in [-0.05, 0) is 12.1 Å². The summed E-state index contributed by atoms with van der Waals surface area (Å²) in [7, 11) is -3.00. The Hall–Kier alpha value is -3.49. The van der Waals surface area contributed by atoms with Crippen LogP contribution in [0.4, 0.5) is 27.6 Å². The molecule has 2 aromatic rings. The van der Waals surface area contributed by atoms with Crippen LogP contribution in [0.1, 0.15) is 22.1 Å². The molecule has 0 bridgehead atoms. The number of alkyl halides is 2. The van der Waals surface area contributed by atoms with Crippen LogP contribution in [-0.2, 0) is 10.0 Å². The number of halogens is 5. The third-order valence-corrected chi connectivity index (χ3v) is 6.12. The third-order valence-electron chi connectivity index (χ3n) is 4.36. The van der Waals surface area contributed by atoms with Crippen LogP contribution >= 0.6 is 0 Å². The first-order valence-electron chi connectivity index (χ1n) is 8.60. The number of benzene rings is 1. The highest BCUT2D eigenvalue weighted by Crippen LogP contribution is 2.34. The summed E-state index contributed by atoms with van der Waals surface area (Å²) in [5.74, 6) is -7.67. The molecule has 3 N–H and O–H groups in total. The van der Waals surface area contributed by atoms with Crippen molar-refractivity contribution < 1.29 is 39.9 Å². The second-order valence-corrected chi connectivity index (χ2v) is 8.45. The van der Waals surface area contributed by atoms with Crippen molar-refractivity contribution >= 4 is 27.6 Å². The highest BCUT2D eigenvalue weighted by atomic mass is 32.2. The summed E-state index contributed by atoms with van der Waals surface area (Å²) in [5, 5.41) is 1.96. The average molecular weight is 479 g/mol. The van der Waals surface area contributed by atoms with Gasteiger partial charge in [-0.3, -0.25) is 4.79 Å². The molecule has 15 heteroatoms. The van der Waals surface area contributed by atoms with Gasteiger partial charge >= 0.3 is 6.61 Å². The minimum atomic E-state index is -4.09. The molecule has 1 atom stereocenters. The lowest BCUT2D eigenvalue weighted by Crippen LogP contribution is -2.45. The number of nitrogens with two attached hydrogens (primary N) is 1. The maximum absolute atomic E-state index is 15.0. The molecule has 1 aliphatic rings. The Morgan fingerprint density at radius 1 is 1.28 bits per heavy atom. The predicted molar refractivity (Wildman–Crippen MR) is 101 cm³/mol. The van der Waals surface area contributed by atoms with E-state index in [9.17, 15) is 35.2 Å². The van der Waals surface area contributed by atoms with E-state index in [1.165, 1.54) is 0 Å². The summed E-state index contributed by atoms with van der Waals surface area (Å²) in [6.07, 6.45) is 0.801. The number of nitrogens with one attached hydrogen (secondary N) is 1. The van der Waals surface area contributed by atoms with Gasteiger partial charge < -0.3 is 15.8 Å². The van der Waals surface area contributed by atoms with Crippen molar-refractivity contribution in [1.29, 1.82) is 0 Å². The standard InChI is InChI=1S/C17H14F5N5O4S/c1-27-17(23)26-11(6-32(27,29)30)12-13(19)8(18)4-10(14(12)20)25-15(28)9-3-2-7(5-24-9)31-16(21)22/h2-5,11,16H,6H2,1H3,(H2,23,26)(H,25,28)/t11-/m0/s1. The van der Waals surface area contributed by atoms with E-state index in [0.29, 0.717) is 10.4 Å². The van der Waals surface area contributed by atoms with Crippen LogP contribution in [0.25, 0.3) is 0 Å². The van der Waals surface area contributed by atoms with Crippen molar-refractivity contribution in [1.82, 2.24) is 9.29 Å². The van der Waals surface area contributed by atoms with Gasteiger partial charge in [-0.15, -0.1) is 0 Å². The highest BCUT2D eigenvalue weighted by molar-refractivity contribution is 7.89. The summed E-state index contributed by atoms with van der Waals surface area (Å²) in [5.41, 5.74) is 3.21. The van der Waals surface area contributed by atoms with Crippen LogP contribution < -0.4 is 15.8 Å². The van der Waals surface area contributed by atoms with Gasteiger partial charge in [-0.25, -0.2) is 35.9 Å². The second kappa shape index (κ2) is 8.57. The second-order valence-electron chi connectivity index (χ2n) is 6.41. The van der Waals surface area contributed by atoms with Crippen molar-refractivity contribution in [3.05, 3.63) is 53.1 Å². The van der Waals surface area contributed by atoms with E-state index in [0.717, 1.165) is 25.4 Å². The first kappa shape index (κ1) is 23.2. The molecule has 172 valence electrons. The van der Waals surface area contributed by atoms with Crippen molar-refractivity contribution in [2.45, 2.75) is 12.7 Å². The van der Waals surface area contributed by atoms with Gasteiger partial charge in [-0.2, -0.15) is 8.78 Å². The molecule has 32 heavy (non-hydrogen) atoms. The number of pyridine rings is 1. The van der Waals surface area contributed by atoms with E-state index in [2.05, 4.69) is 14.7 Å². The van der Waals surface area contributed by atoms with Crippen molar-refractivity contribution in [3.8, 4) is 5.75 Å². The molecule has 9 nitrogen and oxygen atoms in total. The zero-order chi connectivity index (χ0) is 23.8. The fraction of sp³-hybridized carbons (Fsp3) is 0.235. The number of hydrogen-bond acceptors (Lipinski definition) is 7. The summed E-state index contributed by atoms with van der Waals surface area (Å²) in [6.45, 7) is -3.12. The first-order valence-corrected chi connectivity index (χ1v) is 10.2. The summed E-state index contributed by atoms with van der Waals surface area (Å²) < 4.78 is 96.8. The summed E-state index contributed by atoms with van der Waals surface area (Å²) >= 11 is 0. The van der Waals surface area contributed by atoms with Crippen LogP contribution in [0.5, 0.6) is 5.75 Å². The maximum Gasteiger partial charge on any atom is 0.387 e. The molecule has 1 aromatic carbocycles. The molecule has 0 saturated carbocycles. The molecule has 0 fully saturated rings. The van der Waals surface area contributed by atoms with Gasteiger partial charge in [0.2, 0.25) is 16.0 Å². The normalized spacial score (nSPS) is 17.8. The number of amides is 1. The SMILES string of the molecule is CN1C(N)=N[C@H](c2c(F)c(F)cc(NC(=O)c3ccc(OC(F)F)cn3)c2F)CS1(=O)=O. The van der Waals surface area contributed by atoms with Crippen LogP contribution in [0.2, 0.25) is 0 Å². The number of sulfonamides is 1. The minimum absolute atomic E-state index is 0.344. The highest BCUT2D eigenvalue weighted by Gasteiger charge is 2.36. The van der Waals surface area contributed by atoms with E-state index >= 15 is 0 Å². The number of carbonyl (C=O) groups excluding carboxylic acids is 1. The lowest BCUT2D eigenvalue weighted by atomic mass is 10.1. The number of hydrogen-bond donors (Lipinski definition) is 2. The largest absolute Gasteiger partial charge is 0.433 e. The average Bonchev–Trinajstić information content (AvgIpc) is 2.70. The van der Waals surface area contributed by atoms with Gasteiger partial charge in [0.15, 0.2) is 17.5 Å². The maximum atomic E-state index is 15.0. The van der Waals surface area contributed by atoms with E-state index in [1.807, 2.05) is 5.32 Å². The molecule has 0 aliphatic carbocycles. The van der Waals surface area contributed by atoms with Crippen LogP contribution in [0.15, 0.2) is 29.4 Å². The Balaban J connectivity index is 1.94. The number of rotatable bonds is 5. The number of nitrogens with zero attached hydrogens (tertiary/aromatic N) is 3. The number of anilines is 1. The van der Waals surface area contributed by atoms with E-state index in [4.69, 9.17) is 5.73 Å². The smallest absolute Gasteiger partial charge is 0.387 e. The predicted octanol–water partition coefficient (Wildman–Crippen LogP) is 1.98. The first-order chi connectivity index (χ1) is 14.9. The van der Waals surface area contributed by atoms with Crippen LogP contribution in [-0.4, -0.2) is 49.0 Å². The van der Waals surface area contributed by atoms with Crippen molar-refractivity contribution in [2.24, 2.45) is 10.7 Å². The number of carbonyl (C=O) groups is 1. The Morgan fingerprint density at radius 2 is 1.97 bits per heavy atom. The van der Waals surface area contributed by atoms with Gasteiger partial charge in [-0.1, -0.05) is 0 Å². The zero-order valence-electron chi connectivity index (χ0n) is 16.0. The Labute approximate surface area is 177 Å². The molecule has 1 aliphatic heterocycles. The fourth-order valence-corrected chi connectivity index (χ4v) is 3.96. The third kappa shape index (κ3) is 4.56. The van der Waals surface area contributed by atoms with Crippen molar-refractivity contribution in [3.63, 3.8) is 0 Å². The minimum Gasteiger partial charge on any atom is -0.433 e. The van der Waals surface area contributed by atoms with E-state index < -0.39 is 69.0 Å². The molecule has 2 heterocycles. The number of aliphatic imine (C=N–C) groups is 1. The van der Waals surface area contributed by atoms with Gasteiger partial charge in [0.25, 0.3) is 5.91 Å². The lowest BCUT2D eigenvalue weighted by molar-refractivity contribution is -0.0500. The fourth-order valence-electron chi connectivity index (χ4n) is 2.76. The Bertz CT molecular complexity index is 1190. The molecule has 0 radical (unpaired) electrons. The summed E-state index contributed by atoms with van der Waals surface area (Å²) in [6, 6.07) is 0.588. The molecule has 1 amide bonds. The zero-order valence-corrected chi connectivity index (χ0v) is 16.8. The number of guanidine groups is 1. The topological polar surface area (TPSA) is 127 Å². The lowest BCUT2D eigenvalue weighted by Gasteiger charge is -2.27. The molecule has 1 aromatic heterocycles. The van der Waals surface area contributed by atoms with Gasteiger partial charge in [0.05, 0.1) is 23.2 Å². The van der Waals surface area contributed by atoms with Crippen LogP contribution in [0.3, 0.4) is 0 Å². The molecule has 0 saturated heterocycles. The Morgan fingerprint density at radius 3 is 2.53 bits per heavy atom. The molecular formula is C17H14F5N5O4S. The Kier molecular flexibility index (Phi) is 6.20. The molecular weight excluding hydrogens is 465 g/mol. The van der Waals surface area contributed by atoms with Gasteiger partial charge in [0.1, 0.15) is 17.5 Å².